The standard InChI is InChI=1S/C15H24ClN3O/c1-3-7-20-13-5-4-6-19(11-13)15-14(16)8-12(9-17-2)10-18-15/h8,10,13,17H,3-7,9,11H2,1-2H3. The molecule has 20 heavy (non-hydrogen) atoms. The Morgan fingerprint density at radius 3 is 3.10 bits per heavy atom. The smallest absolute Gasteiger partial charge is 0.147 e. The minimum absolute atomic E-state index is 0.304. The molecule has 4 nitrogen and oxygen atoms in total. The first-order chi connectivity index (χ1) is 9.74. The van der Waals surface area contributed by atoms with Crippen molar-refractivity contribution in [3.05, 3.63) is 22.8 Å². The number of nitrogens with zero attached hydrogens (tertiary/aromatic N) is 2. The van der Waals surface area contributed by atoms with Gasteiger partial charge in [-0.2, -0.15) is 0 Å². The van der Waals surface area contributed by atoms with Crippen LogP contribution in [0, 0.1) is 0 Å². The van der Waals surface area contributed by atoms with Gasteiger partial charge in [0, 0.05) is 32.4 Å². The van der Waals surface area contributed by atoms with Gasteiger partial charge in [-0.3, -0.25) is 0 Å². The Hall–Kier alpha value is -0.840. The second-order valence-electron chi connectivity index (χ2n) is 5.26. The van der Waals surface area contributed by atoms with Crippen LogP contribution in [0.4, 0.5) is 5.82 Å². The lowest BCUT2D eigenvalue weighted by Crippen LogP contribution is -2.40. The minimum atomic E-state index is 0.304. The van der Waals surface area contributed by atoms with E-state index in [1.165, 1.54) is 0 Å². The van der Waals surface area contributed by atoms with Crippen molar-refractivity contribution in [1.82, 2.24) is 10.3 Å². The number of aromatic nitrogens is 1. The SMILES string of the molecule is CCCOC1CCCN(c2ncc(CNC)cc2Cl)C1. The number of hydrogen-bond donors (Lipinski definition) is 1. The molecular weight excluding hydrogens is 274 g/mol. The maximum atomic E-state index is 6.38. The predicted molar refractivity (Wildman–Crippen MR) is 83.5 cm³/mol. The third kappa shape index (κ3) is 4.08. The molecule has 0 saturated carbocycles. The highest BCUT2D eigenvalue weighted by molar-refractivity contribution is 6.33. The molecule has 1 aromatic rings. The van der Waals surface area contributed by atoms with E-state index >= 15 is 0 Å². The number of piperidine rings is 1. The molecule has 1 N–H and O–H groups in total. The fourth-order valence-corrected chi connectivity index (χ4v) is 2.86. The van der Waals surface area contributed by atoms with E-state index in [1.807, 2.05) is 19.3 Å². The number of rotatable bonds is 6. The van der Waals surface area contributed by atoms with Crippen LogP contribution in [-0.4, -0.2) is 37.8 Å². The average molecular weight is 298 g/mol. The molecule has 5 heteroatoms. The molecular formula is C15H24ClN3O. The summed E-state index contributed by atoms with van der Waals surface area (Å²) in [6, 6.07) is 2.00. The van der Waals surface area contributed by atoms with Crippen LogP contribution in [0.5, 0.6) is 0 Å². The summed E-state index contributed by atoms with van der Waals surface area (Å²) in [6.45, 7) is 5.65. The number of halogens is 1. The summed E-state index contributed by atoms with van der Waals surface area (Å²) >= 11 is 6.38. The molecule has 0 amide bonds. The molecule has 2 heterocycles. The topological polar surface area (TPSA) is 37.4 Å². The molecule has 2 rings (SSSR count). The maximum Gasteiger partial charge on any atom is 0.147 e. The lowest BCUT2D eigenvalue weighted by Gasteiger charge is -2.34. The van der Waals surface area contributed by atoms with Crippen LogP contribution in [0.2, 0.25) is 5.02 Å². The number of pyridine rings is 1. The van der Waals surface area contributed by atoms with E-state index < -0.39 is 0 Å². The largest absolute Gasteiger partial charge is 0.376 e. The van der Waals surface area contributed by atoms with Crippen LogP contribution in [0.15, 0.2) is 12.3 Å². The molecule has 1 saturated heterocycles. The molecule has 0 spiro atoms. The molecule has 0 radical (unpaired) electrons. The van der Waals surface area contributed by atoms with Crippen molar-refractivity contribution < 1.29 is 4.74 Å². The Balaban J connectivity index is 2.02. The van der Waals surface area contributed by atoms with Gasteiger partial charge in [-0.25, -0.2) is 4.98 Å². The first-order valence-corrected chi connectivity index (χ1v) is 7.78. The van der Waals surface area contributed by atoms with E-state index in [0.29, 0.717) is 6.10 Å². The van der Waals surface area contributed by atoms with Crippen molar-refractivity contribution in [2.24, 2.45) is 0 Å². The Morgan fingerprint density at radius 1 is 1.55 bits per heavy atom. The number of ether oxygens (including phenoxy) is 1. The minimum Gasteiger partial charge on any atom is -0.376 e. The van der Waals surface area contributed by atoms with Crippen molar-refractivity contribution in [3.63, 3.8) is 0 Å². The number of anilines is 1. The first kappa shape index (κ1) is 15.5. The van der Waals surface area contributed by atoms with Gasteiger partial charge in [-0.1, -0.05) is 18.5 Å². The molecule has 1 aliphatic heterocycles. The lowest BCUT2D eigenvalue weighted by molar-refractivity contribution is 0.0439. The predicted octanol–water partition coefficient (Wildman–Crippen LogP) is 2.85. The van der Waals surface area contributed by atoms with Gasteiger partial charge in [0.15, 0.2) is 0 Å². The van der Waals surface area contributed by atoms with Gasteiger partial charge in [0.05, 0.1) is 11.1 Å². The van der Waals surface area contributed by atoms with E-state index in [2.05, 4.69) is 22.1 Å². The molecule has 1 unspecified atom stereocenters. The average Bonchev–Trinajstić information content (AvgIpc) is 2.46. The van der Waals surface area contributed by atoms with Crippen LogP contribution in [0.25, 0.3) is 0 Å². The van der Waals surface area contributed by atoms with Crippen LogP contribution in [0.3, 0.4) is 0 Å². The van der Waals surface area contributed by atoms with Crippen LogP contribution < -0.4 is 10.2 Å². The molecule has 0 bridgehead atoms. The monoisotopic (exact) mass is 297 g/mol. The molecule has 112 valence electrons. The van der Waals surface area contributed by atoms with E-state index in [9.17, 15) is 0 Å². The van der Waals surface area contributed by atoms with Crippen LogP contribution >= 0.6 is 11.6 Å². The van der Waals surface area contributed by atoms with Gasteiger partial charge >= 0.3 is 0 Å². The highest BCUT2D eigenvalue weighted by Gasteiger charge is 2.22. The molecule has 0 aromatic carbocycles. The fourth-order valence-electron chi connectivity index (χ4n) is 2.55. The third-order valence-electron chi connectivity index (χ3n) is 3.49. The lowest BCUT2D eigenvalue weighted by atomic mass is 10.1. The zero-order chi connectivity index (χ0) is 14.4. The second kappa shape index (κ2) is 7.81. The first-order valence-electron chi connectivity index (χ1n) is 7.40. The van der Waals surface area contributed by atoms with E-state index in [1.54, 1.807) is 0 Å². The highest BCUT2D eigenvalue weighted by atomic mass is 35.5. The molecule has 1 aromatic heterocycles. The van der Waals surface area contributed by atoms with Crippen molar-refractivity contribution in [1.29, 1.82) is 0 Å². The van der Waals surface area contributed by atoms with Gasteiger partial charge in [-0.15, -0.1) is 0 Å². The summed E-state index contributed by atoms with van der Waals surface area (Å²) < 4.78 is 5.86. The van der Waals surface area contributed by atoms with Crippen molar-refractivity contribution in [2.75, 3.05) is 31.6 Å². The molecule has 1 fully saturated rings. The van der Waals surface area contributed by atoms with Crippen molar-refractivity contribution in [3.8, 4) is 0 Å². The Kier molecular flexibility index (Phi) is 6.07. The number of nitrogens with one attached hydrogen (secondary N) is 1. The normalized spacial score (nSPS) is 19.4. The highest BCUT2D eigenvalue weighted by Crippen LogP contribution is 2.27. The number of hydrogen-bond acceptors (Lipinski definition) is 4. The van der Waals surface area contributed by atoms with E-state index in [0.717, 1.165) is 61.9 Å². The van der Waals surface area contributed by atoms with Crippen molar-refractivity contribution >= 4 is 17.4 Å². The Morgan fingerprint density at radius 2 is 2.40 bits per heavy atom. The fraction of sp³-hybridized carbons (Fsp3) is 0.667. The third-order valence-corrected chi connectivity index (χ3v) is 3.77. The summed E-state index contributed by atoms with van der Waals surface area (Å²) in [5, 5.41) is 3.84. The second-order valence-corrected chi connectivity index (χ2v) is 5.67. The zero-order valence-electron chi connectivity index (χ0n) is 12.4. The molecule has 1 atom stereocenters. The van der Waals surface area contributed by atoms with Gasteiger partial charge in [0.25, 0.3) is 0 Å². The van der Waals surface area contributed by atoms with Crippen molar-refractivity contribution in [2.45, 2.75) is 38.8 Å². The van der Waals surface area contributed by atoms with Gasteiger partial charge in [-0.05, 0) is 37.9 Å². The van der Waals surface area contributed by atoms with Gasteiger partial charge in [0.2, 0.25) is 0 Å². The summed E-state index contributed by atoms with van der Waals surface area (Å²) in [4.78, 5) is 6.78. The van der Waals surface area contributed by atoms with E-state index in [-0.39, 0.29) is 0 Å². The summed E-state index contributed by atoms with van der Waals surface area (Å²) in [5.41, 5.74) is 1.11. The molecule has 1 aliphatic rings. The van der Waals surface area contributed by atoms with Crippen LogP contribution in [-0.2, 0) is 11.3 Å². The maximum absolute atomic E-state index is 6.38. The summed E-state index contributed by atoms with van der Waals surface area (Å²) in [5.74, 6) is 0.885. The van der Waals surface area contributed by atoms with Crippen LogP contribution in [0.1, 0.15) is 31.7 Å². The zero-order valence-corrected chi connectivity index (χ0v) is 13.1. The summed E-state index contributed by atoms with van der Waals surface area (Å²) in [6.07, 6.45) is 5.53. The van der Waals surface area contributed by atoms with E-state index in [4.69, 9.17) is 16.3 Å². The van der Waals surface area contributed by atoms with Gasteiger partial charge in [0.1, 0.15) is 5.82 Å². The van der Waals surface area contributed by atoms with Gasteiger partial charge < -0.3 is 15.0 Å². The quantitative estimate of drug-likeness (QED) is 0.876. The molecule has 0 aliphatic carbocycles. The summed E-state index contributed by atoms with van der Waals surface area (Å²) in [7, 11) is 1.92. The Labute approximate surface area is 126 Å². The Bertz CT molecular complexity index is 428.